The number of hydrogen-bond donors (Lipinski definition) is 2. The van der Waals surface area contributed by atoms with Crippen molar-refractivity contribution in [3.05, 3.63) is 83.9 Å². The fourth-order valence-corrected chi connectivity index (χ4v) is 4.43. The van der Waals surface area contributed by atoms with Gasteiger partial charge in [0.2, 0.25) is 5.91 Å². The molecule has 178 valence electrons. The third-order valence-corrected chi connectivity index (χ3v) is 6.54. The summed E-state index contributed by atoms with van der Waals surface area (Å²) in [5.74, 6) is -0.336. The molecule has 0 saturated heterocycles. The van der Waals surface area contributed by atoms with Gasteiger partial charge < -0.3 is 15.0 Å². The van der Waals surface area contributed by atoms with E-state index < -0.39 is 15.9 Å². The Bertz CT molecular complexity index is 1270. The van der Waals surface area contributed by atoms with E-state index in [2.05, 4.69) is 10.0 Å². The monoisotopic (exact) mass is 481 g/mol. The van der Waals surface area contributed by atoms with Gasteiger partial charge in [0.05, 0.1) is 24.2 Å². The molecule has 0 aromatic heterocycles. The number of nitrogens with one attached hydrogen (secondary N) is 2. The molecule has 0 heterocycles. The quantitative estimate of drug-likeness (QED) is 0.484. The zero-order valence-electron chi connectivity index (χ0n) is 19.2. The lowest BCUT2D eigenvalue weighted by molar-refractivity contribution is -0.116. The summed E-state index contributed by atoms with van der Waals surface area (Å²) in [6.45, 7) is 1.85. The zero-order chi connectivity index (χ0) is 24.7. The summed E-state index contributed by atoms with van der Waals surface area (Å²) in [5, 5.41) is 2.83. The largest absolute Gasteiger partial charge is 0.495 e. The summed E-state index contributed by atoms with van der Waals surface area (Å²) in [4.78, 5) is 26.5. The Labute approximate surface area is 199 Å². The van der Waals surface area contributed by atoms with E-state index in [0.29, 0.717) is 17.1 Å². The van der Waals surface area contributed by atoms with Gasteiger partial charge in [0.1, 0.15) is 5.75 Å². The maximum Gasteiger partial charge on any atom is 0.262 e. The molecule has 0 atom stereocenters. The molecule has 2 N–H and O–H groups in total. The van der Waals surface area contributed by atoms with E-state index >= 15 is 0 Å². The number of nitrogens with zero attached hydrogens (tertiary/aromatic N) is 1. The molecule has 9 heteroatoms. The highest BCUT2D eigenvalue weighted by atomic mass is 32.2. The third kappa shape index (κ3) is 5.93. The number of carbonyl (C=O) groups excluding carboxylic acids is 2. The second-order valence-electron chi connectivity index (χ2n) is 7.55. The minimum atomic E-state index is -3.89. The molecule has 0 fully saturated rings. The molecule has 0 bridgehead atoms. The molecule has 2 amide bonds. The second kappa shape index (κ2) is 10.8. The third-order valence-electron chi connectivity index (χ3n) is 5.16. The van der Waals surface area contributed by atoms with Crippen LogP contribution in [0, 0.1) is 0 Å². The van der Waals surface area contributed by atoms with Gasteiger partial charge >= 0.3 is 0 Å². The van der Waals surface area contributed by atoms with E-state index in [1.54, 1.807) is 24.3 Å². The Morgan fingerprint density at radius 2 is 1.53 bits per heavy atom. The fraction of sp³-hybridized carbons (Fsp3) is 0.200. The zero-order valence-corrected chi connectivity index (χ0v) is 20.1. The van der Waals surface area contributed by atoms with Crippen LogP contribution in [0.2, 0.25) is 0 Å². The molecule has 34 heavy (non-hydrogen) atoms. The lowest BCUT2D eigenvalue weighted by Crippen LogP contribution is -2.35. The average Bonchev–Trinajstić information content (AvgIpc) is 2.84. The Kier molecular flexibility index (Phi) is 7.91. The van der Waals surface area contributed by atoms with Crippen molar-refractivity contribution in [2.24, 2.45) is 0 Å². The van der Waals surface area contributed by atoms with Gasteiger partial charge in [-0.25, -0.2) is 8.42 Å². The fourth-order valence-electron chi connectivity index (χ4n) is 3.36. The summed E-state index contributed by atoms with van der Waals surface area (Å²) in [6, 6.07) is 19.7. The van der Waals surface area contributed by atoms with E-state index in [-0.39, 0.29) is 22.9 Å². The van der Waals surface area contributed by atoms with Crippen molar-refractivity contribution in [1.29, 1.82) is 0 Å². The topological polar surface area (TPSA) is 105 Å². The molecular weight excluding hydrogens is 454 g/mol. The van der Waals surface area contributed by atoms with E-state index in [1.807, 2.05) is 31.2 Å². The molecule has 3 rings (SSSR count). The van der Waals surface area contributed by atoms with Crippen molar-refractivity contribution in [2.45, 2.75) is 18.2 Å². The summed E-state index contributed by atoms with van der Waals surface area (Å²) < 4.78 is 33.1. The first-order valence-corrected chi connectivity index (χ1v) is 12.1. The summed E-state index contributed by atoms with van der Waals surface area (Å²) in [5.41, 5.74) is 2.29. The van der Waals surface area contributed by atoms with Crippen LogP contribution in [0.15, 0.2) is 77.7 Å². The van der Waals surface area contributed by atoms with E-state index in [9.17, 15) is 18.0 Å². The number of carbonyl (C=O) groups is 2. The normalized spacial score (nSPS) is 10.9. The predicted octanol–water partition coefficient (Wildman–Crippen LogP) is 3.77. The Morgan fingerprint density at radius 1 is 0.912 bits per heavy atom. The lowest BCUT2D eigenvalue weighted by Gasteiger charge is -2.18. The van der Waals surface area contributed by atoms with Gasteiger partial charge in [-0.15, -0.1) is 0 Å². The molecule has 0 saturated carbocycles. The highest BCUT2D eigenvalue weighted by Crippen LogP contribution is 2.26. The molecule has 0 aliphatic rings. The number of benzene rings is 3. The highest BCUT2D eigenvalue weighted by molar-refractivity contribution is 7.92. The number of ether oxygens (including phenoxy) is 1. The standard InChI is InChI=1S/C25H27N3O5S/c1-4-18-9-5-6-10-21(18)26-24(29)17-28(2)25(30)19-13-15-20(16-14-19)34(31,32)27-22-11-7-8-12-23(22)33-3/h5-16,27H,4,17H2,1-3H3,(H,26,29). The Hall–Kier alpha value is -3.85. The maximum atomic E-state index is 12.8. The number of anilines is 2. The Balaban J connectivity index is 1.66. The number of para-hydroxylation sites is 3. The van der Waals surface area contributed by atoms with Gasteiger partial charge in [0, 0.05) is 18.3 Å². The van der Waals surface area contributed by atoms with Crippen LogP contribution in [0.3, 0.4) is 0 Å². The van der Waals surface area contributed by atoms with E-state index in [1.165, 1.54) is 43.3 Å². The van der Waals surface area contributed by atoms with Gasteiger partial charge in [0.25, 0.3) is 15.9 Å². The van der Waals surface area contributed by atoms with Crippen molar-refractivity contribution in [3.63, 3.8) is 0 Å². The number of rotatable bonds is 9. The summed E-state index contributed by atoms with van der Waals surface area (Å²) in [7, 11) is -0.921. The van der Waals surface area contributed by atoms with Crippen LogP contribution in [-0.4, -0.2) is 45.8 Å². The first-order valence-electron chi connectivity index (χ1n) is 10.6. The van der Waals surface area contributed by atoms with Crippen LogP contribution in [0.5, 0.6) is 5.75 Å². The van der Waals surface area contributed by atoms with Gasteiger partial charge in [-0.2, -0.15) is 0 Å². The molecule has 0 aliphatic carbocycles. The van der Waals surface area contributed by atoms with Crippen molar-refractivity contribution in [3.8, 4) is 5.75 Å². The van der Waals surface area contributed by atoms with Crippen LogP contribution in [0.1, 0.15) is 22.8 Å². The Morgan fingerprint density at radius 3 is 2.18 bits per heavy atom. The molecule has 8 nitrogen and oxygen atoms in total. The molecule has 0 aliphatic heterocycles. The van der Waals surface area contributed by atoms with Crippen molar-refractivity contribution >= 4 is 33.2 Å². The van der Waals surface area contributed by atoms with Crippen LogP contribution in [-0.2, 0) is 21.2 Å². The number of likely N-dealkylation sites (N-methyl/N-ethyl adjacent to an activating group) is 1. The second-order valence-corrected chi connectivity index (χ2v) is 9.23. The number of sulfonamides is 1. The SMILES string of the molecule is CCc1ccccc1NC(=O)CN(C)C(=O)c1ccc(S(=O)(=O)Nc2ccccc2OC)cc1. The van der Waals surface area contributed by atoms with E-state index in [4.69, 9.17) is 4.74 Å². The van der Waals surface area contributed by atoms with E-state index in [0.717, 1.165) is 12.0 Å². The van der Waals surface area contributed by atoms with Crippen LogP contribution in [0.4, 0.5) is 11.4 Å². The molecule has 3 aromatic carbocycles. The lowest BCUT2D eigenvalue weighted by atomic mass is 10.1. The van der Waals surface area contributed by atoms with Gasteiger partial charge in [0.15, 0.2) is 0 Å². The van der Waals surface area contributed by atoms with Gasteiger partial charge in [-0.3, -0.25) is 14.3 Å². The minimum Gasteiger partial charge on any atom is -0.495 e. The summed E-state index contributed by atoms with van der Waals surface area (Å²) >= 11 is 0. The first-order chi connectivity index (χ1) is 16.2. The van der Waals surface area contributed by atoms with Crippen LogP contribution < -0.4 is 14.8 Å². The molecular formula is C25H27N3O5S. The number of methoxy groups -OCH3 is 1. The van der Waals surface area contributed by atoms with Gasteiger partial charge in [-0.1, -0.05) is 37.3 Å². The predicted molar refractivity (Wildman–Crippen MR) is 132 cm³/mol. The van der Waals surface area contributed by atoms with Gasteiger partial charge in [-0.05, 0) is 54.4 Å². The molecule has 0 radical (unpaired) electrons. The maximum absolute atomic E-state index is 12.8. The van der Waals surface area contributed by atoms with Crippen LogP contribution >= 0.6 is 0 Å². The van der Waals surface area contributed by atoms with Crippen molar-refractivity contribution in [2.75, 3.05) is 30.7 Å². The first kappa shape index (κ1) is 24.8. The molecule has 0 unspecified atom stereocenters. The number of amides is 2. The van der Waals surface area contributed by atoms with Crippen LogP contribution in [0.25, 0.3) is 0 Å². The smallest absolute Gasteiger partial charge is 0.262 e. The average molecular weight is 482 g/mol. The molecule has 3 aromatic rings. The van der Waals surface area contributed by atoms with Crippen molar-refractivity contribution in [1.82, 2.24) is 4.90 Å². The number of aryl methyl sites for hydroxylation is 1. The summed E-state index contributed by atoms with van der Waals surface area (Å²) in [6.07, 6.45) is 0.770. The number of hydrogen-bond acceptors (Lipinski definition) is 5. The van der Waals surface area contributed by atoms with Crippen molar-refractivity contribution < 1.29 is 22.7 Å². The highest BCUT2D eigenvalue weighted by Gasteiger charge is 2.19. The molecule has 0 spiro atoms. The minimum absolute atomic E-state index is 0.00785.